The molecule has 0 saturated carbocycles. The number of rotatable bonds is 1. The predicted molar refractivity (Wildman–Crippen MR) is 81.9 cm³/mol. The standard InChI is InChI=1S/C18H16N2O/c1-12-15(10-16(11-19)20(12)2)9-14-8-7-13-5-3-4-6-17(13)18(14)21/h3-6,9-10H,7-8H2,1-2H3/b14-9+. The van der Waals surface area contributed by atoms with Crippen molar-refractivity contribution in [2.24, 2.45) is 7.05 Å². The molecule has 3 heteroatoms. The molecule has 0 amide bonds. The van der Waals surface area contributed by atoms with Crippen molar-refractivity contribution in [2.45, 2.75) is 19.8 Å². The fourth-order valence-corrected chi connectivity index (χ4v) is 2.82. The largest absolute Gasteiger partial charge is 0.339 e. The topological polar surface area (TPSA) is 45.8 Å². The van der Waals surface area contributed by atoms with Crippen LogP contribution in [0.5, 0.6) is 0 Å². The molecule has 0 bridgehead atoms. The normalized spacial score (nSPS) is 15.9. The lowest BCUT2D eigenvalue weighted by Crippen LogP contribution is -2.13. The van der Waals surface area contributed by atoms with E-state index < -0.39 is 0 Å². The summed E-state index contributed by atoms with van der Waals surface area (Å²) in [7, 11) is 1.87. The van der Waals surface area contributed by atoms with Crippen LogP contribution in [0, 0.1) is 18.3 Å². The third kappa shape index (κ3) is 2.19. The minimum Gasteiger partial charge on any atom is -0.339 e. The average molecular weight is 276 g/mol. The Bertz CT molecular complexity index is 803. The number of Topliss-reactive ketones (excluding diaryl/α,β-unsaturated/α-hetero) is 1. The molecule has 0 atom stereocenters. The van der Waals surface area contributed by atoms with Gasteiger partial charge in [0.1, 0.15) is 11.8 Å². The Balaban J connectivity index is 2.03. The Labute approximate surface area is 124 Å². The molecule has 104 valence electrons. The van der Waals surface area contributed by atoms with E-state index in [0.717, 1.165) is 40.8 Å². The van der Waals surface area contributed by atoms with Crippen LogP contribution in [0.2, 0.25) is 0 Å². The number of allylic oxidation sites excluding steroid dienone is 1. The third-order valence-electron chi connectivity index (χ3n) is 4.24. The maximum atomic E-state index is 12.6. The van der Waals surface area contributed by atoms with Crippen LogP contribution in [0.1, 0.15) is 39.3 Å². The van der Waals surface area contributed by atoms with E-state index >= 15 is 0 Å². The molecular formula is C18H16N2O. The number of hydrogen-bond acceptors (Lipinski definition) is 2. The highest BCUT2D eigenvalue weighted by atomic mass is 16.1. The molecule has 1 aromatic carbocycles. The molecule has 0 aliphatic heterocycles. The van der Waals surface area contributed by atoms with Gasteiger partial charge in [-0.1, -0.05) is 24.3 Å². The summed E-state index contributed by atoms with van der Waals surface area (Å²) in [6.07, 6.45) is 3.59. The first-order chi connectivity index (χ1) is 10.1. The number of ketones is 1. The van der Waals surface area contributed by atoms with Crippen LogP contribution in [-0.2, 0) is 13.5 Å². The lowest BCUT2D eigenvalue weighted by molar-refractivity contribution is 0.102. The van der Waals surface area contributed by atoms with Gasteiger partial charge in [-0.15, -0.1) is 0 Å². The van der Waals surface area contributed by atoms with Gasteiger partial charge in [-0.25, -0.2) is 0 Å². The van der Waals surface area contributed by atoms with Crippen LogP contribution >= 0.6 is 0 Å². The molecule has 1 heterocycles. The zero-order chi connectivity index (χ0) is 15.0. The minimum atomic E-state index is 0.110. The van der Waals surface area contributed by atoms with Crippen molar-refractivity contribution in [1.29, 1.82) is 5.26 Å². The van der Waals surface area contributed by atoms with Gasteiger partial charge >= 0.3 is 0 Å². The second kappa shape index (κ2) is 5.06. The zero-order valence-electron chi connectivity index (χ0n) is 12.2. The molecule has 0 fully saturated rings. The predicted octanol–water partition coefficient (Wildman–Crippen LogP) is 3.42. The monoisotopic (exact) mass is 276 g/mol. The van der Waals surface area contributed by atoms with Crippen molar-refractivity contribution in [2.75, 3.05) is 0 Å². The number of carbonyl (C=O) groups is 1. The molecule has 3 nitrogen and oxygen atoms in total. The van der Waals surface area contributed by atoms with Gasteiger partial charge in [-0.05, 0) is 43.0 Å². The van der Waals surface area contributed by atoms with Crippen molar-refractivity contribution in [3.05, 3.63) is 64.0 Å². The van der Waals surface area contributed by atoms with Crippen molar-refractivity contribution >= 4 is 11.9 Å². The van der Waals surface area contributed by atoms with Gasteiger partial charge in [0.25, 0.3) is 0 Å². The molecule has 0 spiro atoms. The molecule has 2 aromatic rings. The van der Waals surface area contributed by atoms with Gasteiger partial charge < -0.3 is 4.57 Å². The summed E-state index contributed by atoms with van der Waals surface area (Å²) in [5.41, 5.74) is 5.34. The third-order valence-corrected chi connectivity index (χ3v) is 4.24. The summed E-state index contributed by atoms with van der Waals surface area (Å²) >= 11 is 0. The summed E-state index contributed by atoms with van der Waals surface area (Å²) < 4.78 is 1.85. The van der Waals surface area contributed by atoms with Crippen molar-refractivity contribution in [1.82, 2.24) is 4.57 Å². The van der Waals surface area contributed by atoms with E-state index in [4.69, 9.17) is 5.26 Å². The lowest BCUT2D eigenvalue weighted by atomic mass is 9.86. The van der Waals surface area contributed by atoms with Gasteiger partial charge in [0.2, 0.25) is 0 Å². The van der Waals surface area contributed by atoms with Crippen LogP contribution in [-0.4, -0.2) is 10.4 Å². The van der Waals surface area contributed by atoms with Crippen LogP contribution in [0.4, 0.5) is 0 Å². The molecule has 1 aliphatic rings. The first-order valence-corrected chi connectivity index (χ1v) is 7.01. The Hall–Kier alpha value is -2.60. The molecule has 3 rings (SSSR count). The summed E-state index contributed by atoms with van der Waals surface area (Å²) in [6, 6.07) is 11.8. The van der Waals surface area contributed by atoms with Crippen molar-refractivity contribution < 1.29 is 4.79 Å². The maximum absolute atomic E-state index is 12.6. The first-order valence-electron chi connectivity index (χ1n) is 7.01. The maximum Gasteiger partial charge on any atom is 0.189 e. The van der Waals surface area contributed by atoms with Gasteiger partial charge in [0.15, 0.2) is 5.78 Å². The molecule has 1 aromatic heterocycles. The van der Waals surface area contributed by atoms with E-state index in [0.29, 0.717) is 5.69 Å². The SMILES string of the molecule is Cc1c(/C=C2\CCc3ccccc3C2=O)cc(C#N)n1C. The van der Waals surface area contributed by atoms with Crippen LogP contribution in [0.25, 0.3) is 6.08 Å². The van der Waals surface area contributed by atoms with Gasteiger partial charge in [0, 0.05) is 23.9 Å². The number of nitrogens with zero attached hydrogens (tertiary/aromatic N) is 2. The highest BCUT2D eigenvalue weighted by Gasteiger charge is 2.21. The fourth-order valence-electron chi connectivity index (χ4n) is 2.82. The summed E-state index contributed by atoms with van der Waals surface area (Å²) in [5, 5.41) is 9.09. The highest BCUT2D eigenvalue weighted by molar-refractivity contribution is 6.13. The fraction of sp³-hybridized carbons (Fsp3) is 0.222. The van der Waals surface area contributed by atoms with Crippen molar-refractivity contribution in [3.63, 3.8) is 0 Å². The van der Waals surface area contributed by atoms with Gasteiger partial charge in [-0.3, -0.25) is 4.79 Å². The van der Waals surface area contributed by atoms with E-state index in [2.05, 4.69) is 6.07 Å². The summed E-state index contributed by atoms with van der Waals surface area (Å²) in [5.74, 6) is 0.110. The van der Waals surface area contributed by atoms with E-state index in [1.54, 1.807) is 0 Å². The number of nitriles is 1. The first kappa shape index (κ1) is 13.4. The second-order valence-electron chi connectivity index (χ2n) is 5.40. The van der Waals surface area contributed by atoms with Gasteiger partial charge in [-0.2, -0.15) is 5.26 Å². The van der Waals surface area contributed by atoms with E-state index in [1.165, 1.54) is 0 Å². The number of fused-ring (bicyclic) bond motifs is 1. The van der Waals surface area contributed by atoms with E-state index in [-0.39, 0.29) is 5.78 Å². The molecule has 0 saturated heterocycles. The minimum absolute atomic E-state index is 0.110. The highest BCUT2D eigenvalue weighted by Crippen LogP contribution is 2.27. The second-order valence-corrected chi connectivity index (χ2v) is 5.40. The number of benzene rings is 1. The summed E-state index contributed by atoms with van der Waals surface area (Å²) in [6.45, 7) is 1.97. The molecule has 0 radical (unpaired) electrons. The molecule has 0 unspecified atom stereocenters. The Morgan fingerprint density at radius 2 is 2.05 bits per heavy atom. The van der Waals surface area contributed by atoms with E-state index in [1.807, 2.05) is 54.9 Å². The van der Waals surface area contributed by atoms with Crippen molar-refractivity contribution in [3.8, 4) is 6.07 Å². The molecule has 21 heavy (non-hydrogen) atoms. The average Bonchev–Trinajstić information content (AvgIpc) is 2.78. The smallest absolute Gasteiger partial charge is 0.189 e. The Morgan fingerprint density at radius 3 is 2.76 bits per heavy atom. The molecule has 0 N–H and O–H groups in total. The van der Waals surface area contributed by atoms with Crippen LogP contribution in [0.3, 0.4) is 0 Å². The van der Waals surface area contributed by atoms with Crippen LogP contribution in [0.15, 0.2) is 35.9 Å². The number of hydrogen-bond donors (Lipinski definition) is 0. The molecule has 1 aliphatic carbocycles. The molecular weight excluding hydrogens is 260 g/mol. The summed E-state index contributed by atoms with van der Waals surface area (Å²) in [4.78, 5) is 12.6. The van der Waals surface area contributed by atoms with Gasteiger partial charge in [0.05, 0.1) is 0 Å². The van der Waals surface area contributed by atoms with E-state index in [9.17, 15) is 4.79 Å². The number of carbonyl (C=O) groups excluding carboxylic acids is 1. The Kier molecular flexibility index (Phi) is 3.23. The lowest BCUT2D eigenvalue weighted by Gasteiger charge is -2.17. The Morgan fingerprint density at radius 1 is 1.29 bits per heavy atom. The number of aromatic nitrogens is 1. The number of aryl methyl sites for hydroxylation is 1. The van der Waals surface area contributed by atoms with Crippen LogP contribution < -0.4 is 0 Å². The zero-order valence-corrected chi connectivity index (χ0v) is 12.2. The quantitative estimate of drug-likeness (QED) is 0.749.